The van der Waals surface area contributed by atoms with Crippen molar-refractivity contribution in [3.05, 3.63) is 33.9 Å². The summed E-state index contributed by atoms with van der Waals surface area (Å²) in [5.74, 6) is -0.409. The highest BCUT2D eigenvalue weighted by molar-refractivity contribution is 9.10. The van der Waals surface area contributed by atoms with E-state index in [1.165, 1.54) is 0 Å². The molecule has 0 aliphatic carbocycles. The highest BCUT2D eigenvalue weighted by Crippen LogP contribution is 2.26. The van der Waals surface area contributed by atoms with Crippen LogP contribution in [0.5, 0.6) is 0 Å². The van der Waals surface area contributed by atoms with Gasteiger partial charge in [-0.15, -0.1) is 0 Å². The van der Waals surface area contributed by atoms with Crippen LogP contribution in [0.25, 0.3) is 6.08 Å². The number of amides is 3. The van der Waals surface area contributed by atoms with E-state index >= 15 is 0 Å². The van der Waals surface area contributed by atoms with Crippen LogP contribution in [0.1, 0.15) is 5.56 Å². The molecule has 1 heterocycles. The topological polar surface area (TPSA) is 61.4 Å². The van der Waals surface area contributed by atoms with E-state index in [9.17, 15) is 9.59 Å². The number of halogens is 1. The molecule has 3 amide bonds. The first kappa shape index (κ1) is 12.6. The van der Waals surface area contributed by atoms with Crippen molar-refractivity contribution in [2.45, 2.75) is 0 Å². The van der Waals surface area contributed by atoms with Crippen LogP contribution in [-0.2, 0) is 4.79 Å². The van der Waals surface area contributed by atoms with Crippen LogP contribution in [0, 0.1) is 0 Å². The number of carbonyl (C=O) groups excluding carboxylic acids is 2. The Balaban J connectivity index is 2.31. The van der Waals surface area contributed by atoms with Gasteiger partial charge in [0.25, 0.3) is 5.91 Å². The molecule has 0 bridgehead atoms. The molecule has 0 saturated carbocycles. The molecule has 0 unspecified atom stereocenters. The Labute approximate surface area is 113 Å². The summed E-state index contributed by atoms with van der Waals surface area (Å²) in [5.41, 5.74) is 2.13. The van der Waals surface area contributed by atoms with E-state index in [0.29, 0.717) is 0 Å². The number of hydrogen-bond donors (Lipinski definition) is 2. The fourth-order valence-electron chi connectivity index (χ4n) is 1.62. The Morgan fingerprint density at radius 1 is 1.22 bits per heavy atom. The first-order valence-electron chi connectivity index (χ1n) is 5.28. The monoisotopic (exact) mass is 309 g/mol. The van der Waals surface area contributed by atoms with Crippen molar-refractivity contribution in [3.8, 4) is 0 Å². The molecule has 0 spiro atoms. The molecular formula is C12H12BrN3O2. The lowest BCUT2D eigenvalue weighted by Crippen LogP contribution is -2.22. The van der Waals surface area contributed by atoms with Crippen molar-refractivity contribution >= 4 is 39.6 Å². The fourth-order valence-corrected chi connectivity index (χ4v) is 2.38. The van der Waals surface area contributed by atoms with Crippen molar-refractivity contribution in [1.29, 1.82) is 0 Å². The molecule has 5 nitrogen and oxygen atoms in total. The zero-order chi connectivity index (χ0) is 13.3. The van der Waals surface area contributed by atoms with Gasteiger partial charge in [-0.2, -0.15) is 0 Å². The second kappa shape index (κ2) is 4.81. The van der Waals surface area contributed by atoms with Crippen LogP contribution in [0.3, 0.4) is 0 Å². The molecule has 1 fully saturated rings. The molecule has 1 aromatic rings. The van der Waals surface area contributed by atoms with Crippen LogP contribution >= 0.6 is 15.9 Å². The molecule has 94 valence electrons. The predicted octanol–water partition coefficient (Wildman–Crippen LogP) is 1.70. The molecule has 2 N–H and O–H groups in total. The predicted molar refractivity (Wildman–Crippen MR) is 73.1 cm³/mol. The molecule has 18 heavy (non-hydrogen) atoms. The third-order valence-electron chi connectivity index (χ3n) is 2.48. The van der Waals surface area contributed by atoms with Crippen LogP contribution < -0.4 is 15.5 Å². The highest BCUT2D eigenvalue weighted by atomic mass is 79.9. The molecule has 1 aliphatic heterocycles. The summed E-state index contributed by atoms with van der Waals surface area (Å²) in [5, 5.41) is 4.60. The minimum Gasteiger partial charge on any atom is -0.377 e. The summed E-state index contributed by atoms with van der Waals surface area (Å²) in [6.45, 7) is 0. The second-order valence-electron chi connectivity index (χ2n) is 4.07. The largest absolute Gasteiger partial charge is 0.377 e. The highest BCUT2D eigenvalue weighted by Gasteiger charge is 2.22. The molecule has 0 atom stereocenters. The molecule has 0 aromatic heterocycles. The van der Waals surface area contributed by atoms with Gasteiger partial charge < -0.3 is 10.2 Å². The van der Waals surface area contributed by atoms with Gasteiger partial charge in [-0.25, -0.2) is 4.79 Å². The number of anilines is 1. The number of hydrogen-bond acceptors (Lipinski definition) is 3. The summed E-state index contributed by atoms with van der Waals surface area (Å²) in [7, 11) is 3.89. The minimum absolute atomic E-state index is 0.254. The van der Waals surface area contributed by atoms with E-state index in [1.54, 1.807) is 6.08 Å². The van der Waals surface area contributed by atoms with E-state index < -0.39 is 11.9 Å². The van der Waals surface area contributed by atoms with Gasteiger partial charge in [0.05, 0.1) is 5.69 Å². The third kappa shape index (κ3) is 2.53. The number of rotatable bonds is 2. The van der Waals surface area contributed by atoms with Crippen LogP contribution in [0.4, 0.5) is 10.5 Å². The van der Waals surface area contributed by atoms with Gasteiger partial charge >= 0.3 is 6.03 Å². The number of nitrogens with zero attached hydrogens (tertiary/aromatic N) is 1. The van der Waals surface area contributed by atoms with Gasteiger partial charge in [-0.1, -0.05) is 6.07 Å². The van der Waals surface area contributed by atoms with E-state index in [4.69, 9.17) is 0 Å². The maximum Gasteiger partial charge on any atom is 0.326 e. The average Bonchev–Trinajstić information content (AvgIpc) is 2.57. The van der Waals surface area contributed by atoms with Crippen molar-refractivity contribution in [2.75, 3.05) is 19.0 Å². The molecule has 6 heteroatoms. The first-order chi connectivity index (χ1) is 8.47. The first-order valence-corrected chi connectivity index (χ1v) is 6.07. The van der Waals surface area contributed by atoms with Crippen LogP contribution in [-0.4, -0.2) is 26.0 Å². The molecular weight excluding hydrogens is 298 g/mol. The van der Waals surface area contributed by atoms with Crippen molar-refractivity contribution < 1.29 is 9.59 Å². The maximum atomic E-state index is 11.4. The van der Waals surface area contributed by atoms with Crippen molar-refractivity contribution in [1.82, 2.24) is 10.6 Å². The zero-order valence-electron chi connectivity index (χ0n) is 9.95. The maximum absolute atomic E-state index is 11.4. The lowest BCUT2D eigenvalue weighted by Gasteiger charge is -2.14. The van der Waals surface area contributed by atoms with Gasteiger partial charge in [-0.05, 0) is 39.7 Å². The molecule has 0 radical (unpaired) electrons. The molecule has 1 aliphatic rings. The second-order valence-corrected chi connectivity index (χ2v) is 4.93. The van der Waals surface area contributed by atoms with Crippen LogP contribution in [0.2, 0.25) is 0 Å². The lowest BCUT2D eigenvalue weighted by atomic mass is 10.1. The molecule has 1 aromatic carbocycles. The number of benzene rings is 1. The Hall–Kier alpha value is -1.82. The van der Waals surface area contributed by atoms with Gasteiger partial charge in [0.2, 0.25) is 0 Å². The van der Waals surface area contributed by atoms with Crippen LogP contribution in [0.15, 0.2) is 28.4 Å². The Bertz CT molecular complexity index is 552. The Morgan fingerprint density at radius 2 is 1.94 bits per heavy atom. The smallest absolute Gasteiger partial charge is 0.326 e. The number of nitrogens with one attached hydrogen (secondary N) is 2. The normalized spacial score (nSPS) is 16.7. The van der Waals surface area contributed by atoms with E-state index in [0.717, 1.165) is 15.7 Å². The molecule has 1 saturated heterocycles. The number of carbonyl (C=O) groups is 2. The lowest BCUT2D eigenvalue weighted by molar-refractivity contribution is -0.115. The summed E-state index contributed by atoms with van der Waals surface area (Å²) < 4.78 is 0.923. The zero-order valence-corrected chi connectivity index (χ0v) is 11.5. The van der Waals surface area contributed by atoms with Crippen molar-refractivity contribution in [2.24, 2.45) is 0 Å². The van der Waals surface area contributed by atoms with E-state index in [-0.39, 0.29) is 5.70 Å². The average molecular weight is 310 g/mol. The Kier molecular flexibility index (Phi) is 3.38. The van der Waals surface area contributed by atoms with Gasteiger partial charge in [-0.3, -0.25) is 10.1 Å². The van der Waals surface area contributed by atoms with Gasteiger partial charge in [0, 0.05) is 18.6 Å². The Morgan fingerprint density at radius 3 is 2.44 bits per heavy atom. The van der Waals surface area contributed by atoms with Gasteiger partial charge in [0.1, 0.15) is 5.70 Å². The minimum atomic E-state index is -0.491. The summed E-state index contributed by atoms with van der Waals surface area (Å²) in [4.78, 5) is 24.3. The van der Waals surface area contributed by atoms with Crippen molar-refractivity contribution in [3.63, 3.8) is 0 Å². The summed E-state index contributed by atoms with van der Waals surface area (Å²) in [6.07, 6.45) is 1.63. The standard InChI is InChI=1S/C12H12BrN3O2/c1-16(2)10-4-3-7(5-8(10)13)6-9-11(17)15-12(18)14-9/h3-6H,1-2H3,(H2,14,15,17,18)/b9-6+. The quantitative estimate of drug-likeness (QED) is 0.645. The van der Waals surface area contributed by atoms with E-state index in [2.05, 4.69) is 26.6 Å². The molecule has 2 rings (SSSR count). The SMILES string of the molecule is CN(C)c1ccc(/C=C2/NC(=O)NC2=O)cc1Br. The fraction of sp³-hybridized carbons (Fsp3) is 0.167. The summed E-state index contributed by atoms with van der Waals surface area (Å²) in [6, 6.07) is 5.21. The summed E-state index contributed by atoms with van der Waals surface area (Å²) >= 11 is 3.47. The number of urea groups is 1. The van der Waals surface area contributed by atoms with Gasteiger partial charge in [0.15, 0.2) is 0 Å². The van der Waals surface area contributed by atoms with E-state index in [1.807, 2.05) is 37.2 Å². The number of imide groups is 1. The third-order valence-corrected chi connectivity index (χ3v) is 3.12.